The average molecular weight is 612 g/mol. The van der Waals surface area contributed by atoms with E-state index in [2.05, 4.69) is 146 Å². The molecule has 4 aromatic rings. The summed E-state index contributed by atoms with van der Waals surface area (Å²) >= 11 is 0. The Hall–Kier alpha value is -4.46. The Kier molecular flexibility index (Phi) is 7.34. The fraction of sp³-hybridized carbons (Fsp3) is 0.0789. The van der Waals surface area contributed by atoms with Crippen LogP contribution in [0, 0.1) is 0 Å². The molecular weight excluding hydrogens is 582 g/mol. The normalized spacial score (nSPS) is 20.3. The van der Waals surface area contributed by atoms with Gasteiger partial charge in [0.15, 0.2) is 41.8 Å². The molecule has 0 N–H and O–H groups in total. The molecule has 4 aromatic carbocycles. The van der Waals surface area contributed by atoms with Crippen LogP contribution in [0.2, 0.25) is 0 Å². The minimum atomic E-state index is -0.955. The van der Waals surface area contributed by atoms with Gasteiger partial charge in [0, 0.05) is 5.57 Å². The Morgan fingerprint density at radius 2 is 1.18 bits per heavy atom. The van der Waals surface area contributed by atoms with Gasteiger partial charge in [0.25, 0.3) is 0 Å². The van der Waals surface area contributed by atoms with Crippen molar-refractivity contribution in [1.82, 2.24) is 0 Å². The molecule has 1 fully saturated rings. The number of rotatable bonds is 5. The number of benzene rings is 4. The predicted octanol–water partition coefficient (Wildman–Crippen LogP) is 6.66. The third-order valence-electron chi connectivity index (χ3n) is 7.99. The van der Waals surface area contributed by atoms with Crippen LogP contribution in [0.1, 0.15) is 0 Å². The van der Waals surface area contributed by atoms with Gasteiger partial charge >= 0.3 is 0 Å². The van der Waals surface area contributed by atoms with E-state index in [1.165, 1.54) is 31.8 Å². The second kappa shape index (κ2) is 11.9. The van der Waals surface area contributed by atoms with Gasteiger partial charge in [0.2, 0.25) is 6.79 Å². The molecular formula is C38H29O4P2+. The highest BCUT2D eigenvalue weighted by Crippen LogP contribution is 2.54. The van der Waals surface area contributed by atoms with Crippen molar-refractivity contribution in [3.63, 3.8) is 0 Å². The lowest BCUT2D eigenvalue weighted by Crippen LogP contribution is -2.26. The summed E-state index contributed by atoms with van der Waals surface area (Å²) in [5.74, 6) is 2.35. The van der Waals surface area contributed by atoms with E-state index in [9.17, 15) is 0 Å². The van der Waals surface area contributed by atoms with Crippen LogP contribution in [-0.4, -0.2) is 25.0 Å². The van der Waals surface area contributed by atoms with E-state index in [4.69, 9.17) is 18.9 Å². The lowest BCUT2D eigenvalue weighted by molar-refractivity contribution is 0.0601. The molecule has 1 saturated heterocycles. The minimum Gasteiger partial charge on any atom is -0.469 e. The van der Waals surface area contributed by atoms with E-state index in [0.29, 0.717) is 0 Å². The molecule has 214 valence electrons. The molecule has 0 bridgehead atoms. The van der Waals surface area contributed by atoms with Gasteiger partial charge in [0.1, 0.15) is 11.9 Å². The van der Waals surface area contributed by atoms with Crippen molar-refractivity contribution in [2.75, 3.05) is 13.6 Å². The van der Waals surface area contributed by atoms with Crippen molar-refractivity contribution in [3.05, 3.63) is 179 Å². The van der Waals surface area contributed by atoms with Crippen molar-refractivity contribution in [2.24, 2.45) is 0 Å². The molecule has 6 heteroatoms. The standard InChI is InChI=1S/C38H29O4P2/c1-5-13-27(14-6-1)43(28-15-7-2-8-16-28)33-23-21-31-37(41-25-39-31)35(33)36-34(24-22-32-38(36)42-26-40-32)44(29-17-9-3-10-18-29)30-19-11-4-12-20-30/h1-24,37H,25-26H2/q+1/b36-35-. The monoisotopic (exact) mass is 611 g/mol. The van der Waals surface area contributed by atoms with Gasteiger partial charge in [-0.2, -0.15) is 0 Å². The summed E-state index contributed by atoms with van der Waals surface area (Å²) in [6.45, 7) is 0.396. The second-order valence-corrected chi connectivity index (χ2v) is 14.9. The second-order valence-electron chi connectivity index (χ2n) is 10.6. The van der Waals surface area contributed by atoms with Gasteiger partial charge in [-0.3, -0.25) is 0 Å². The molecule has 0 saturated carbocycles. The highest BCUT2D eigenvalue weighted by Gasteiger charge is 2.44. The summed E-state index contributed by atoms with van der Waals surface area (Å²) < 4.78 is 24.9. The van der Waals surface area contributed by atoms with Crippen LogP contribution in [0.4, 0.5) is 0 Å². The molecule has 0 spiro atoms. The highest BCUT2D eigenvalue weighted by atomic mass is 31.1. The third-order valence-corrected chi connectivity index (χ3v) is 13.0. The lowest BCUT2D eigenvalue weighted by Gasteiger charge is -2.30. The number of ether oxygens (including phenoxy) is 4. The summed E-state index contributed by atoms with van der Waals surface area (Å²) in [4.78, 5) is 0. The Bertz CT molecular complexity index is 1810. The summed E-state index contributed by atoms with van der Waals surface area (Å²) in [5.41, 5.74) is 2.14. The van der Waals surface area contributed by atoms with E-state index in [0.717, 1.165) is 28.4 Å². The Morgan fingerprint density at radius 3 is 1.80 bits per heavy atom. The maximum absolute atomic E-state index is 6.43. The highest BCUT2D eigenvalue weighted by molar-refractivity contribution is 7.77. The fourth-order valence-corrected chi connectivity index (χ4v) is 11.1. The van der Waals surface area contributed by atoms with Crippen LogP contribution >= 0.6 is 15.5 Å². The van der Waals surface area contributed by atoms with Gasteiger partial charge in [-0.1, -0.05) is 103 Å². The largest absolute Gasteiger partial charge is 0.469 e. The predicted molar refractivity (Wildman–Crippen MR) is 180 cm³/mol. The van der Waals surface area contributed by atoms with E-state index in [-0.39, 0.29) is 19.7 Å². The first-order chi connectivity index (χ1) is 21.9. The molecule has 0 radical (unpaired) electrons. The van der Waals surface area contributed by atoms with Crippen LogP contribution in [0.3, 0.4) is 0 Å². The Labute approximate surface area is 259 Å². The molecule has 0 amide bonds. The molecule has 2 aliphatic carbocycles. The smallest absolute Gasteiger partial charge is 0.231 e. The first-order valence-electron chi connectivity index (χ1n) is 14.6. The summed E-state index contributed by atoms with van der Waals surface area (Å²) in [6.07, 6.45) is 8.28. The maximum Gasteiger partial charge on any atom is 0.231 e. The van der Waals surface area contributed by atoms with Crippen molar-refractivity contribution in [3.8, 4) is 0 Å². The van der Waals surface area contributed by atoms with Gasteiger partial charge in [-0.15, -0.1) is 0 Å². The maximum atomic E-state index is 6.43. The Balaban J connectivity index is 1.47. The van der Waals surface area contributed by atoms with Crippen LogP contribution in [0.15, 0.2) is 179 Å². The molecule has 2 aliphatic heterocycles. The summed E-state index contributed by atoms with van der Waals surface area (Å²) in [6, 6.07) is 43.2. The van der Waals surface area contributed by atoms with E-state index in [1.54, 1.807) is 0 Å². The first-order valence-corrected chi connectivity index (χ1v) is 17.3. The van der Waals surface area contributed by atoms with Gasteiger partial charge in [0.05, 0.1) is 5.57 Å². The van der Waals surface area contributed by atoms with Crippen LogP contribution in [-0.2, 0) is 18.9 Å². The molecule has 4 aliphatic rings. The van der Waals surface area contributed by atoms with E-state index in [1.807, 2.05) is 0 Å². The number of hydrogen-bond acceptors (Lipinski definition) is 4. The van der Waals surface area contributed by atoms with Crippen LogP contribution < -0.4 is 21.2 Å². The first kappa shape index (κ1) is 27.1. The third kappa shape index (κ3) is 4.86. The van der Waals surface area contributed by atoms with Crippen LogP contribution in [0.5, 0.6) is 0 Å². The molecule has 44 heavy (non-hydrogen) atoms. The van der Waals surface area contributed by atoms with E-state index < -0.39 is 15.5 Å². The zero-order chi connectivity index (χ0) is 29.3. The minimum absolute atomic E-state index is 0.184. The van der Waals surface area contributed by atoms with E-state index >= 15 is 0 Å². The molecule has 4 nitrogen and oxygen atoms in total. The summed E-state index contributed by atoms with van der Waals surface area (Å²) in [7, 11) is -1.90. The number of fused-ring (bicyclic) bond motifs is 1. The van der Waals surface area contributed by atoms with Crippen molar-refractivity contribution < 1.29 is 18.9 Å². The van der Waals surface area contributed by atoms with Crippen molar-refractivity contribution in [1.29, 1.82) is 0 Å². The van der Waals surface area contributed by atoms with Gasteiger partial charge in [-0.25, -0.2) is 0 Å². The number of allylic oxidation sites excluding steroid dienone is 5. The quantitative estimate of drug-likeness (QED) is 0.237. The summed E-state index contributed by atoms with van der Waals surface area (Å²) in [5, 5.41) is 7.50. The fourth-order valence-electron chi connectivity index (χ4n) is 6.10. The van der Waals surface area contributed by atoms with Crippen molar-refractivity contribution in [2.45, 2.75) is 6.10 Å². The topological polar surface area (TPSA) is 36.9 Å². The van der Waals surface area contributed by atoms with Gasteiger partial charge < -0.3 is 18.9 Å². The SMILES string of the molecule is C1=CC(=[P+](c2ccccc2)c2ccccc2)/C(=C2\C(P(c3ccccc3)c3ccccc3)=CC=C3OCOC32)C2=C1OCO2. The Morgan fingerprint density at radius 1 is 0.591 bits per heavy atom. The van der Waals surface area contributed by atoms with Crippen LogP contribution in [0.25, 0.3) is 0 Å². The zero-order valence-corrected chi connectivity index (χ0v) is 25.7. The zero-order valence-electron chi connectivity index (χ0n) is 23.9. The number of hydrogen-bond donors (Lipinski definition) is 0. The molecule has 1 atom stereocenters. The average Bonchev–Trinajstić information content (AvgIpc) is 3.77. The molecule has 1 unspecified atom stereocenters. The molecule has 0 aromatic heterocycles. The van der Waals surface area contributed by atoms with Gasteiger partial charge in [-0.05, 0) is 66.3 Å². The lowest BCUT2D eigenvalue weighted by atomic mass is 9.91. The molecule has 8 rings (SSSR count). The van der Waals surface area contributed by atoms with Crippen molar-refractivity contribution >= 4 is 42.0 Å². The molecule has 2 heterocycles.